The van der Waals surface area contributed by atoms with Gasteiger partial charge in [0.1, 0.15) is 11.6 Å². The van der Waals surface area contributed by atoms with Gasteiger partial charge in [0.15, 0.2) is 0 Å². The Balaban J connectivity index is 1.64. The molecule has 4 aromatic rings. The smallest absolute Gasteiger partial charge is 0.450 e. The highest BCUT2D eigenvalue weighted by molar-refractivity contribution is 6.03. The number of nitrogens with one attached hydrogen (secondary N) is 1. The number of imidazole rings is 1. The second-order valence-corrected chi connectivity index (χ2v) is 6.78. The molecule has 2 heterocycles. The Kier molecular flexibility index (Phi) is 5.42. The Bertz CT molecular complexity index is 1350. The molecule has 1 amide bonds. The van der Waals surface area contributed by atoms with E-state index in [0.717, 1.165) is 4.57 Å². The van der Waals surface area contributed by atoms with E-state index in [2.05, 4.69) is 15.3 Å². The number of nitro groups is 1. The van der Waals surface area contributed by atoms with Crippen molar-refractivity contribution in [2.24, 2.45) is 0 Å². The highest BCUT2D eigenvalue weighted by Gasteiger charge is 2.38. The summed E-state index contributed by atoms with van der Waals surface area (Å²) in [5.41, 5.74) is 0.369. The van der Waals surface area contributed by atoms with E-state index in [1.807, 2.05) is 0 Å². The average molecular weight is 457 g/mol. The summed E-state index contributed by atoms with van der Waals surface area (Å²) in [6, 6.07) is 12.0. The molecule has 9 nitrogen and oxygen atoms in total. The number of amides is 1. The Labute approximate surface area is 183 Å². The number of benzene rings is 2. The number of anilines is 1. The third-order valence-corrected chi connectivity index (χ3v) is 4.70. The molecule has 0 aliphatic heterocycles. The minimum Gasteiger partial charge on any atom is -0.497 e. The van der Waals surface area contributed by atoms with Crippen LogP contribution in [0.15, 0.2) is 60.8 Å². The fourth-order valence-electron chi connectivity index (χ4n) is 3.15. The Morgan fingerprint density at radius 1 is 1.12 bits per heavy atom. The maximum absolute atomic E-state index is 13.6. The number of nitrogens with zero attached hydrogens (tertiary/aromatic N) is 4. The first-order valence-corrected chi connectivity index (χ1v) is 9.33. The SMILES string of the molecule is COc1ccc2c(c1)nc(C(F)(F)F)n2-c1ccc(NC(=O)c2ccc([N+](=O)[O-])cc2)nc1. The number of aromatic nitrogens is 3. The van der Waals surface area contributed by atoms with Crippen LogP contribution >= 0.6 is 0 Å². The van der Waals surface area contributed by atoms with Crippen LogP contribution in [0.3, 0.4) is 0 Å². The van der Waals surface area contributed by atoms with Gasteiger partial charge in [0, 0.05) is 23.8 Å². The molecule has 0 bridgehead atoms. The minimum absolute atomic E-state index is 0.0850. The van der Waals surface area contributed by atoms with Crippen LogP contribution in [-0.4, -0.2) is 32.5 Å². The van der Waals surface area contributed by atoms with Crippen molar-refractivity contribution in [3.8, 4) is 11.4 Å². The molecule has 0 aliphatic carbocycles. The first-order valence-electron chi connectivity index (χ1n) is 9.33. The van der Waals surface area contributed by atoms with Crippen molar-refractivity contribution in [2.45, 2.75) is 6.18 Å². The summed E-state index contributed by atoms with van der Waals surface area (Å²) >= 11 is 0. The monoisotopic (exact) mass is 457 g/mol. The van der Waals surface area contributed by atoms with E-state index in [-0.39, 0.29) is 33.8 Å². The van der Waals surface area contributed by atoms with Crippen molar-refractivity contribution in [1.29, 1.82) is 0 Å². The Hall–Kier alpha value is -4.48. The number of non-ortho nitro benzene ring substituents is 1. The predicted molar refractivity (Wildman–Crippen MR) is 111 cm³/mol. The van der Waals surface area contributed by atoms with Gasteiger partial charge in [-0.2, -0.15) is 13.2 Å². The van der Waals surface area contributed by atoms with Crippen molar-refractivity contribution < 1.29 is 27.6 Å². The number of rotatable bonds is 5. The summed E-state index contributed by atoms with van der Waals surface area (Å²) in [6.07, 6.45) is -3.55. The summed E-state index contributed by atoms with van der Waals surface area (Å²) in [5.74, 6) is -1.26. The molecule has 1 N–H and O–H groups in total. The van der Waals surface area contributed by atoms with Crippen LogP contribution in [0.2, 0.25) is 0 Å². The number of alkyl halides is 3. The van der Waals surface area contributed by atoms with Crippen molar-refractivity contribution in [1.82, 2.24) is 14.5 Å². The topological polar surface area (TPSA) is 112 Å². The second-order valence-electron chi connectivity index (χ2n) is 6.78. The van der Waals surface area contributed by atoms with Gasteiger partial charge in [0.25, 0.3) is 11.6 Å². The molecule has 0 spiro atoms. The molecule has 0 saturated carbocycles. The van der Waals surface area contributed by atoms with Crippen LogP contribution in [0.25, 0.3) is 16.7 Å². The van der Waals surface area contributed by atoms with Gasteiger partial charge in [-0.3, -0.25) is 19.5 Å². The molecule has 2 aromatic heterocycles. The summed E-state index contributed by atoms with van der Waals surface area (Å²) in [7, 11) is 1.40. The molecule has 0 fully saturated rings. The molecule has 33 heavy (non-hydrogen) atoms. The average Bonchev–Trinajstić information content (AvgIpc) is 3.19. The van der Waals surface area contributed by atoms with Gasteiger partial charge < -0.3 is 10.1 Å². The van der Waals surface area contributed by atoms with Crippen molar-refractivity contribution >= 4 is 28.4 Å². The molecule has 0 unspecified atom stereocenters. The van der Waals surface area contributed by atoms with Gasteiger partial charge >= 0.3 is 6.18 Å². The third kappa shape index (κ3) is 4.31. The first-order chi connectivity index (χ1) is 15.7. The van der Waals surface area contributed by atoms with Crippen molar-refractivity contribution in [2.75, 3.05) is 12.4 Å². The lowest BCUT2D eigenvalue weighted by Crippen LogP contribution is -2.15. The molecule has 0 saturated heterocycles. The van der Waals surface area contributed by atoms with Gasteiger partial charge in [-0.15, -0.1) is 0 Å². The van der Waals surface area contributed by atoms with Crippen molar-refractivity contribution in [3.05, 3.63) is 82.3 Å². The number of ether oxygens (including phenoxy) is 1. The zero-order chi connectivity index (χ0) is 23.8. The fraction of sp³-hybridized carbons (Fsp3) is 0.0952. The lowest BCUT2D eigenvalue weighted by molar-refractivity contribution is -0.384. The highest BCUT2D eigenvalue weighted by Crippen LogP contribution is 2.34. The van der Waals surface area contributed by atoms with Crippen LogP contribution in [0, 0.1) is 10.1 Å². The van der Waals surface area contributed by atoms with E-state index in [9.17, 15) is 28.1 Å². The fourth-order valence-corrected chi connectivity index (χ4v) is 3.15. The van der Waals surface area contributed by atoms with E-state index >= 15 is 0 Å². The largest absolute Gasteiger partial charge is 0.497 e. The number of carbonyl (C=O) groups excluding carboxylic acids is 1. The van der Waals surface area contributed by atoms with Gasteiger partial charge in [-0.1, -0.05) is 0 Å². The molecule has 4 rings (SSSR count). The molecule has 2 aromatic carbocycles. The van der Waals surface area contributed by atoms with Gasteiger partial charge in [-0.25, -0.2) is 9.97 Å². The second kappa shape index (κ2) is 8.22. The van der Waals surface area contributed by atoms with E-state index in [1.165, 1.54) is 67.9 Å². The molecule has 0 aliphatic rings. The van der Waals surface area contributed by atoms with Crippen LogP contribution in [-0.2, 0) is 6.18 Å². The summed E-state index contributed by atoms with van der Waals surface area (Å²) in [6.45, 7) is 0. The van der Waals surface area contributed by atoms with E-state index in [0.29, 0.717) is 5.75 Å². The maximum atomic E-state index is 13.6. The number of hydrogen-bond donors (Lipinski definition) is 1. The summed E-state index contributed by atoms with van der Waals surface area (Å²) in [5, 5.41) is 13.2. The third-order valence-electron chi connectivity index (χ3n) is 4.70. The highest BCUT2D eigenvalue weighted by atomic mass is 19.4. The quantitative estimate of drug-likeness (QED) is 0.346. The van der Waals surface area contributed by atoms with E-state index in [4.69, 9.17) is 4.74 Å². The summed E-state index contributed by atoms with van der Waals surface area (Å²) < 4.78 is 46.9. The zero-order valence-corrected chi connectivity index (χ0v) is 16.8. The number of hydrogen-bond acceptors (Lipinski definition) is 6. The number of carbonyl (C=O) groups is 1. The van der Waals surface area contributed by atoms with Crippen molar-refractivity contribution in [3.63, 3.8) is 0 Å². The molecule has 168 valence electrons. The standard InChI is InChI=1S/C21H14F3N5O4/c1-33-15-7-8-17-16(10-15)26-20(21(22,23)24)28(17)14-6-9-18(25-11-14)27-19(30)12-2-4-13(5-3-12)29(31)32/h2-11H,1H3,(H,25,27,30). The van der Waals surface area contributed by atoms with Crippen LogP contribution in [0.1, 0.15) is 16.2 Å². The van der Waals surface area contributed by atoms with Gasteiger partial charge in [-0.05, 0) is 36.4 Å². The molecule has 0 radical (unpaired) electrons. The number of methoxy groups -OCH3 is 1. The maximum Gasteiger partial charge on any atom is 0.450 e. The molecular formula is C21H14F3N5O4. The number of pyridine rings is 1. The predicted octanol–water partition coefficient (Wildman–Crippen LogP) is 4.61. The molecule has 12 heteroatoms. The normalized spacial score (nSPS) is 11.4. The van der Waals surface area contributed by atoms with Crippen LogP contribution in [0.4, 0.5) is 24.7 Å². The Morgan fingerprint density at radius 3 is 2.42 bits per heavy atom. The molecular weight excluding hydrogens is 443 g/mol. The lowest BCUT2D eigenvalue weighted by atomic mass is 10.2. The number of halogens is 3. The van der Waals surface area contributed by atoms with Crippen LogP contribution in [0.5, 0.6) is 5.75 Å². The Morgan fingerprint density at radius 2 is 1.85 bits per heavy atom. The molecule has 0 atom stereocenters. The zero-order valence-electron chi connectivity index (χ0n) is 16.8. The lowest BCUT2D eigenvalue weighted by Gasteiger charge is -2.12. The first kappa shape index (κ1) is 21.7. The van der Waals surface area contributed by atoms with Gasteiger partial charge in [0.2, 0.25) is 5.82 Å². The van der Waals surface area contributed by atoms with Gasteiger partial charge in [0.05, 0.1) is 35.0 Å². The van der Waals surface area contributed by atoms with E-state index in [1.54, 1.807) is 0 Å². The minimum atomic E-state index is -4.73. The van der Waals surface area contributed by atoms with Crippen LogP contribution < -0.4 is 10.1 Å². The van der Waals surface area contributed by atoms with E-state index < -0.39 is 22.8 Å². The number of fused-ring (bicyclic) bond motifs is 1. The number of nitro benzene ring substituents is 1. The summed E-state index contributed by atoms with van der Waals surface area (Å²) in [4.78, 5) is 30.2.